The summed E-state index contributed by atoms with van der Waals surface area (Å²) >= 11 is 10.9. The molecule has 0 saturated carbocycles. The predicted octanol–water partition coefficient (Wildman–Crippen LogP) is 3.25. The lowest BCUT2D eigenvalue weighted by Gasteiger charge is -2.13. The molecule has 0 amide bonds. The Bertz CT molecular complexity index is 463. The van der Waals surface area contributed by atoms with Crippen LogP contribution in [-0.2, 0) is 9.47 Å². The molecule has 4 nitrogen and oxygen atoms in total. The van der Waals surface area contributed by atoms with E-state index >= 15 is 0 Å². The van der Waals surface area contributed by atoms with Gasteiger partial charge in [0.2, 0.25) is 0 Å². The van der Waals surface area contributed by atoms with Crippen molar-refractivity contribution in [1.29, 1.82) is 0 Å². The van der Waals surface area contributed by atoms with Gasteiger partial charge in [-0.25, -0.2) is 4.79 Å². The summed E-state index contributed by atoms with van der Waals surface area (Å²) in [6, 6.07) is 4.85. The SMILES string of the molecule is COC(=O)c1cc(NC(=S)OC(C)C)ccc1Cl. The molecule has 0 atom stereocenters. The third kappa shape index (κ3) is 4.16. The summed E-state index contributed by atoms with van der Waals surface area (Å²) in [5.41, 5.74) is 0.891. The average molecular weight is 288 g/mol. The maximum atomic E-state index is 11.5. The molecule has 1 aromatic carbocycles. The topological polar surface area (TPSA) is 47.6 Å². The molecule has 0 unspecified atom stereocenters. The molecule has 0 heterocycles. The highest BCUT2D eigenvalue weighted by Crippen LogP contribution is 2.21. The molecule has 0 spiro atoms. The van der Waals surface area contributed by atoms with Crippen LogP contribution < -0.4 is 5.32 Å². The van der Waals surface area contributed by atoms with E-state index in [1.54, 1.807) is 18.2 Å². The van der Waals surface area contributed by atoms with Gasteiger partial charge in [-0.05, 0) is 44.3 Å². The van der Waals surface area contributed by atoms with Gasteiger partial charge in [0.15, 0.2) is 0 Å². The molecule has 0 bridgehead atoms. The Morgan fingerprint density at radius 3 is 2.67 bits per heavy atom. The van der Waals surface area contributed by atoms with Crippen LogP contribution in [-0.4, -0.2) is 24.4 Å². The zero-order valence-corrected chi connectivity index (χ0v) is 11.9. The van der Waals surface area contributed by atoms with Crippen LogP contribution in [0.2, 0.25) is 5.02 Å². The van der Waals surface area contributed by atoms with Crippen molar-refractivity contribution in [3.63, 3.8) is 0 Å². The number of methoxy groups -OCH3 is 1. The van der Waals surface area contributed by atoms with Gasteiger partial charge < -0.3 is 14.8 Å². The van der Waals surface area contributed by atoms with Crippen LogP contribution in [0.4, 0.5) is 5.69 Å². The molecule has 0 aromatic heterocycles. The Labute approximate surface area is 116 Å². The van der Waals surface area contributed by atoms with Crippen LogP contribution in [0.5, 0.6) is 0 Å². The third-order valence-electron chi connectivity index (χ3n) is 1.96. The molecule has 0 saturated heterocycles. The zero-order valence-electron chi connectivity index (χ0n) is 10.3. The number of nitrogens with one attached hydrogen (secondary N) is 1. The van der Waals surface area contributed by atoms with Crippen LogP contribution >= 0.6 is 23.8 Å². The van der Waals surface area contributed by atoms with E-state index in [0.29, 0.717) is 10.7 Å². The molecule has 18 heavy (non-hydrogen) atoms. The van der Waals surface area contributed by atoms with Crippen LogP contribution in [0.25, 0.3) is 0 Å². The lowest BCUT2D eigenvalue weighted by atomic mass is 10.2. The number of ether oxygens (including phenoxy) is 2. The summed E-state index contributed by atoms with van der Waals surface area (Å²) in [7, 11) is 1.30. The first kappa shape index (κ1) is 14.7. The molecule has 0 fully saturated rings. The number of halogens is 1. The monoisotopic (exact) mass is 287 g/mol. The molecule has 0 aliphatic rings. The van der Waals surface area contributed by atoms with E-state index in [1.807, 2.05) is 13.8 Å². The van der Waals surface area contributed by atoms with E-state index < -0.39 is 5.97 Å². The first-order valence-electron chi connectivity index (χ1n) is 5.29. The summed E-state index contributed by atoms with van der Waals surface area (Å²) < 4.78 is 9.91. The Morgan fingerprint density at radius 2 is 2.11 bits per heavy atom. The third-order valence-corrected chi connectivity index (χ3v) is 2.49. The van der Waals surface area contributed by atoms with Crippen molar-refractivity contribution in [2.24, 2.45) is 0 Å². The molecule has 1 aromatic rings. The number of carbonyl (C=O) groups excluding carboxylic acids is 1. The second-order valence-electron chi connectivity index (χ2n) is 3.77. The normalized spacial score (nSPS) is 10.1. The minimum atomic E-state index is -0.501. The molecular weight excluding hydrogens is 274 g/mol. The van der Waals surface area contributed by atoms with E-state index in [0.717, 1.165) is 0 Å². The van der Waals surface area contributed by atoms with Gasteiger partial charge in [0.1, 0.15) is 0 Å². The number of carbonyl (C=O) groups is 1. The standard InChI is InChI=1S/C12H14ClNO3S/c1-7(2)17-12(18)14-8-4-5-10(13)9(6-8)11(15)16-3/h4-7H,1-3H3,(H,14,18). The number of anilines is 1. The quantitative estimate of drug-likeness (QED) is 0.683. The van der Waals surface area contributed by atoms with Crippen LogP contribution in [0.15, 0.2) is 18.2 Å². The van der Waals surface area contributed by atoms with Gasteiger partial charge in [-0.2, -0.15) is 0 Å². The number of hydrogen-bond donors (Lipinski definition) is 1. The number of thiocarbonyl (C=S) groups is 1. The molecule has 98 valence electrons. The first-order valence-corrected chi connectivity index (χ1v) is 6.08. The Hall–Kier alpha value is -1.33. The van der Waals surface area contributed by atoms with E-state index in [2.05, 4.69) is 10.1 Å². The van der Waals surface area contributed by atoms with Gasteiger partial charge in [0.25, 0.3) is 5.17 Å². The highest BCUT2D eigenvalue weighted by Gasteiger charge is 2.12. The van der Waals surface area contributed by atoms with E-state index in [1.165, 1.54) is 7.11 Å². The Morgan fingerprint density at radius 1 is 1.44 bits per heavy atom. The van der Waals surface area contributed by atoms with Gasteiger partial charge >= 0.3 is 5.97 Å². The highest BCUT2D eigenvalue weighted by molar-refractivity contribution is 7.80. The molecule has 6 heteroatoms. The van der Waals surface area contributed by atoms with E-state index in [4.69, 9.17) is 28.6 Å². The van der Waals surface area contributed by atoms with Crippen LogP contribution in [0.3, 0.4) is 0 Å². The van der Waals surface area contributed by atoms with Crippen molar-refractivity contribution in [2.75, 3.05) is 12.4 Å². The Kier molecular flexibility index (Phi) is 5.37. The number of benzene rings is 1. The van der Waals surface area contributed by atoms with Gasteiger partial charge in [0.05, 0.1) is 23.8 Å². The van der Waals surface area contributed by atoms with E-state index in [9.17, 15) is 4.79 Å². The molecule has 0 radical (unpaired) electrons. The van der Waals surface area contributed by atoms with Crippen molar-refractivity contribution in [3.05, 3.63) is 28.8 Å². The summed E-state index contributed by atoms with van der Waals surface area (Å²) in [6.45, 7) is 3.74. The largest absolute Gasteiger partial charge is 0.468 e. The minimum absolute atomic E-state index is 0.0163. The average Bonchev–Trinajstić information content (AvgIpc) is 2.29. The first-order chi connectivity index (χ1) is 8.43. The lowest BCUT2D eigenvalue weighted by molar-refractivity contribution is 0.0601. The Balaban J connectivity index is 2.85. The van der Waals surface area contributed by atoms with Gasteiger partial charge in [-0.15, -0.1) is 0 Å². The van der Waals surface area contributed by atoms with Crippen molar-refractivity contribution in [1.82, 2.24) is 0 Å². The maximum Gasteiger partial charge on any atom is 0.339 e. The van der Waals surface area contributed by atoms with Crippen molar-refractivity contribution in [3.8, 4) is 0 Å². The molecule has 0 aliphatic heterocycles. The van der Waals surface area contributed by atoms with E-state index in [-0.39, 0.29) is 16.8 Å². The maximum absolute atomic E-state index is 11.5. The smallest absolute Gasteiger partial charge is 0.339 e. The zero-order chi connectivity index (χ0) is 13.7. The van der Waals surface area contributed by atoms with Gasteiger partial charge in [-0.1, -0.05) is 11.6 Å². The minimum Gasteiger partial charge on any atom is -0.468 e. The fraction of sp³-hybridized carbons (Fsp3) is 0.333. The summed E-state index contributed by atoms with van der Waals surface area (Å²) in [5.74, 6) is -0.501. The van der Waals surface area contributed by atoms with Crippen molar-refractivity contribution < 1.29 is 14.3 Å². The molecule has 1 N–H and O–H groups in total. The van der Waals surface area contributed by atoms with Crippen LogP contribution in [0.1, 0.15) is 24.2 Å². The van der Waals surface area contributed by atoms with Crippen molar-refractivity contribution >= 4 is 40.7 Å². The summed E-state index contributed by atoms with van der Waals surface area (Å²) in [5, 5.41) is 3.42. The van der Waals surface area contributed by atoms with Gasteiger partial charge in [0, 0.05) is 5.69 Å². The second-order valence-corrected chi connectivity index (χ2v) is 4.54. The fourth-order valence-corrected chi connectivity index (χ4v) is 1.74. The summed E-state index contributed by atoms with van der Waals surface area (Å²) in [4.78, 5) is 11.5. The number of esters is 1. The predicted molar refractivity (Wildman–Crippen MR) is 75.2 cm³/mol. The lowest BCUT2D eigenvalue weighted by Crippen LogP contribution is -2.18. The molecule has 0 aliphatic carbocycles. The van der Waals surface area contributed by atoms with Crippen molar-refractivity contribution in [2.45, 2.75) is 20.0 Å². The highest BCUT2D eigenvalue weighted by atomic mass is 35.5. The summed E-state index contributed by atoms with van der Waals surface area (Å²) in [6.07, 6.45) is -0.0163. The van der Waals surface area contributed by atoms with Gasteiger partial charge in [-0.3, -0.25) is 0 Å². The molecular formula is C12H14ClNO3S. The fourth-order valence-electron chi connectivity index (χ4n) is 1.23. The second kappa shape index (κ2) is 6.56. The molecule has 1 rings (SSSR count). The number of hydrogen-bond acceptors (Lipinski definition) is 4. The number of rotatable bonds is 3. The van der Waals surface area contributed by atoms with Crippen LogP contribution in [0, 0.1) is 0 Å².